The zero-order chi connectivity index (χ0) is 12.1. The molecule has 2 N–H and O–H groups in total. The molecule has 0 aliphatic carbocycles. The van der Waals surface area contributed by atoms with Gasteiger partial charge in [-0.2, -0.15) is 0 Å². The topological polar surface area (TPSA) is 44.4 Å². The van der Waals surface area contributed by atoms with E-state index in [1.54, 1.807) is 0 Å². The predicted molar refractivity (Wildman–Crippen MR) is 68.9 cm³/mol. The molecule has 4 heteroatoms. The lowest BCUT2D eigenvalue weighted by Crippen LogP contribution is -2.49. The fraction of sp³-hybridized carbons (Fsp3) is 0.923. The van der Waals surface area contributed by atoms with Crippen LogP contribution < -0.4 is 10.6 Å². The molecule has 1 unspecified atom stereocenters. The highest BCUT2D eigenvalue weighted by Gasteiger charge is 2.30. The molecule has 98 valence electrons. The minimum Gasteiger partial charge on any atom is -0.355 e. The standard InChI is InChI=1S/C13H25N3O/c1-14-10-11-5-8-16(9-6-11)12-4-2-3-7-15-13(12)17/h11-12,14H,2-10H2,1H3,(H,15,17). The molecule has 0 aromatic heterocycles. The Balaban J connectivity index is 1.84. The van der Waals surface area contributed by atoms with Crippen molar-refractivity contribution in [3.8, 4) is 0 Å². The van der Waals surface area contributed by atoms with Gasteiger partial charge in [0.2, 0.25) is 5.91 Å². The van der Waals surface area contributed by atoms with E-state index in [9.17, 15) is 4.79 Å². The lowest BCUT2D eigenvalue weighted by atomic mass is 9.95. The van der Waals surface area contributed by atoms with E-state index in [0.29, 0.717) is 0 Å². The average molecular weight is 239 g/mol. The fourth-order valence-electron chi connectivity index (χ4n) is 3.03. The molecule has 2 saturated heterocycles. The van der Waals surface area contributed by atoms with E-state index in [0.717, 1.165) is 44.9 Å². The lowest BCUT2D eigenvalue weighted by molar-refractivity contribution is -0.126. The maximum atomic E-state index is 12.0. The zero-order valence-corrected chi connectivity index (χ0v) is 10.9. The van der Waals surface area contributed by atoms with Gasteiger partial charge in [-0.1, -0.05) is 0 Å². The second kappa shape index (κ2) is 6.36. The molecule has 4 nitrogen and oxygen atoms in total. The van der Waals surface area contributed by atoms with Gasteiger partial charge in [0.1, 0.15) is 0 Å². The van der Waals surface area contributed by atoms with Crippen LogP contribution in [0.25, 0.3) is 0 Å². The normalized spacial score (nSPS) is 28.8. The summed E-state index contributed by atoms with van der Waals surface area (Å²) in [5, 5.41) is 6.29. The number of hydrogen-bond donors (Lipinski definition) is 2. The number of piperidine rings is 1. The lowest BCUT2D eigenvalue weighted by Gasteiger charge is -2.36. The SMILES string of the molecule is CNCC1CCN(C2CCCCNC2=O)CC1. The number of carbonyl (C=O) groups is 1. The number of likely N-dealkylation sites (tertiary alicyclic amines) is 1. The predicted octanol–water partition coefficient (Wildman–Crippen LogP) is 0.587. The molecule has 0 saturated carbocycles. The molecule has 0 radical (unpaired) electrons. The summed E-state index contributed by atoms with van der Waals surface area (Å²) in [5.74, 6) is 1.06. The molecule has 2 rings (SSSR count). The summed E-state index contributed by atoms with van der Waals surface area (Å²) in [6.45, 7) is 4.16. The molecule has 0 spiro atoms. The molecule has 1 atom stereocenters. The van der Waals surface area contributed by atoms with Crippen molar-refractivity contribution in [1.29, 1.82) is 0 Å². The van der Waals surface area contributed by atoms with Crippen molar-refractivity contribution in [1.82, 2.24) is 15.5 Å². The smallest absolute Gasteiger partial charge is 0.237 e. The number of nitrogens with zero attached hydrogens (tertiary/aromatic N) is 1. The Bertz CT molecular complexity index is 249. The second-order valence-corrected chi connectivity index (χ2v) is 5.34. The van der Waals surface area contributed by atoms with Gasteiger partial charge in [0.05, 0.1) is 6.04 Å². The van der Waals surface area contributed by atoms with E-state index in [2.05, 4.69) is 15.5 Å². The van der Waals surface area contributed by atoms with Crippen molar-refractivity contribution in [3.63, 3.8) is 0 Å². The number of hydrogen-bond acceptors (Lipinski definition) is 3. The first kappa shape index (κ1) is 12.8. The van der Waals surface area contributed by atoms with Crippen molar-refractivity contribution in [3.05, 3.63) is 0 Å². The van der Waals surface area contributed by atoms with Gasteiger partial charge in [-0.05, 0) is 64.7 Å². The third kappa shape index (κ3) is 3.42. The maximum Gasteiger partial charge on any atom is 0.237 e. The number of rotatable bonds is 3. The van der Waals surface area contributed by atoms with Gasteiger partial charge in [0, 0.05) is 6.54 Å². The monoisotopic (exact) mass is 239 g/mol. The minimum absolute atomic E-state index is 0.146. The van der Waals surface area contributed by atoms with Crippen LogP contribution in [0.3, 0.4) is 0 Å². The number of nitrogens with one attached hydrogen (secondary N) is 2. The maximum absolute atomic E-state index is 12.0. The first-order valence-corrected chi connectivity index (χ1v) is 6.97. The van der Waals surface area contributed by atoms with Crippen molar-refractivity contribution in [2.24, 2.45) is 5.92 Å². The molecule has 0 bridgehead atoms. The first-order chi connectivity index (χ1) is 8.31. The quantitative estimate of drug-likeness (QED) is 0.757. The Morgan fingerprint density at radius 2 is 2.06 bits per heavy atom. The van der Waals surface area contributed by atoms with Crippen molar-refractivity contribution in [2.75, 3.05) is 33.2 Å². The highest BCUT2D eigenvalue weighted by Crippen LogP contribution is 2.21. The van der Waals surface area contributed by atoms with Crippen LogP contribution >= 0.6 is 0 Å². The third-order valence-corrected chi connectivity index (χ3v) is 4.09. The van der Waals surface area contributed by atoms with Gasteiger partial charge in [-0.3, -0.25) is 9.69 Å². The van der Waals surface area contributed by atoms with Crippen LogP contribution in [0.1, 0.15) is 32.1 Å². The summed E-state index contributed by atoms with van der Waals surface area (Å²) in [4.78, 5) is 14.4. The molecule has 0 aromatic carbocycles. The average Bonchev–Trinajstić information content (AvgIpc) is 2.56. The van der Waals surface area contributed by atoms with E-state index in [1.807, 2.05) is 7.05 Å². The van der Waals surface area contributed by atoms with Gasteiger partial charge in [-0.25, -0.2) is 0 Å². The molecular formula is C13H25N3O. The van der Waals surface area contributed by atoms with Crippen LogP contribution in [-0.4, -0.2) is 50.1 Å². The van der Waals surface area contributed by atoms with Crippen LogP contribution in [-0.2, 0) is 4.79 Å². The van der Waals surface area contributed by atoms with E-state index in [1.165, 1.54) is 19.3 Å². The Morgan fingerprint density at radius 1 is 1.29 bits per heavy atom. The largest absolute Gasteiger partial charge is 0.355 e. The van der Waals surface area contributed by atoms with Crippen LogP contribution in [0, 0.1) is 5.92 Å². The molecule has 2 heterocycles. The summed E-state index contributed by atoms with van der Waals surface area (Å²) in [6, 6.07) is 0.146. The van der Waals surface area contributed by atoms with E-state index in [-0.39, 0.29) is 11.9 Å². The van der Waals surface area contributed by atoms with Crippen LogP contribution in [0.2, 0.25) is 0 Å². The van der Waals surface area contributed by atoms with E-state index >= 15 is 0 Å². The summed E-state index contributed by atoms with van der Waals surface area (Å²) in [5.41, 5.74) is 0. The highest BCUT2D eigenvalue weighted by atomic mass is 16.2. The summed E-state index contributed by atoms with van der Waals surface area (Å²) >= 11 is 0. The molecule has 1 amide bonds. The van der Waals surface area contributed by atoms with Gasteiger partial charge in [-0.15, -0.1) is 0 Å². The van der Waals surface area contributed by atoms with Crippen molar-refractivity contribution < 1.29 is 4.79 Å². The first-order valence-electron chi connectivity index (χ1n) is 6.97. The summed E-state index contributed by atoms with van der Waals surface area (Å²) in [7, 11) is 2.02. The Labute approximate surface area is 104 Å². The highest BCUT2D eigenvalue weighted by molar-refractivity contribution is 5.81. The van der Waals surface area contributed by atoms with Crippen LogP contribution in [0.4, 0.5) is 0 Å². The van der Waals surface area contributed by atoms with Crippen molar-refractivity contribution >= 4 is 5.91 Å². The third-order valence-electron chi connectivity index (χ3n) is 4.09. The molecule has 17 heavy (non-hydrogen) atoms. The molecule has 2 fully saturated rings. The fourth-order valence-corrected chi connectivity index (χ4v) is 3.03. The Morgan fingerprint density at radius 3 is 2.76 bits per heavy atom. The molecule has 2 aliphatic rings. The molecule has 2 aliphatic heterocycles. The van der Waals surface area contributed by atoms with Crippen LogP contribution in [0.15, 0.2) is 0 Å². The van der Waals surface area contributed by atoms with Gasteiger partial charge in [0.25, 0.3) is 0 Å². The number of amides is 1. The van der Waals surface area contributed by atoms with Gasteiger partial charge < -0.3 is 10.6 Å². The van der Waals surface area contributed by atoms with Gasteiger partial charge >= 0.3 is 0 Å². The number of carbonyl (C=O) groups excluding carboxylic acids is 1. The molecular weight excluding hydrogens is 214 g/mol. The van der Waals surface area contributed by atoms with Gasteiger partial charge in [0.15, 0.2) is 0 Å². The zero-order valence-electron chi connectivity index (χ0n) is 10.9. The molecule has 0 aromatic rings. The summed E-state index contributed by atoms with van der Waals surface area (Å²) in [6.07, 6.45) is 5.82. The Hall–Kier alpha value is -0.610. The minimum atomic E-state index is 0.146. The summed E-state index contributed by atoms with van der Waals surface area (Å²) < 4.78 is 0. The Kier molecular flexibility index (Phi) is 4.80. The van der Waals surface area contributed by atoms with Crippen LogP contribution in [0.5, 0.6) is 0 Å². The van der Waals surface area contributed by atoms with E-state index < -0.39 is 0 Å². The van der Waals surface area contributed by atoms with Crippen molar-refractivity contribution in [2.45, 2.75) is 38.1 Å². The second-order valence-electron chi connectivity index (χ2n) is 5.34. The van der Waals surface area contributed by atoms with E-state index in [4.69, 9.17) is 0 Å².